The first kappa shape index (κ1) is 12.5. The number of aryl methyl sites for hydroxylation is 1. The lowest BCUT2D eigenvalue weighted by atomic mass is 10.2. The van der Waals surface area contributed by atoms with Crippen molar-refractivity contribution in [3.63, 3.8) is 0 Å². The number of nitrogens with zero attached hydrogens (tertiary/aromatic N) is 4. The summed E-state index contributed by atoms with van der Waals surface area (Å²) in [6.45, 7) is 0.452. The van der Waals surface area contributed by atoms with Gasteiger partial charge in [0.05, 0.1) is 5.56 Å². The van der Waals surface area contributed by atoms with Gasteiger partial charge in [-0.3, -0.25) is 9.48 Å². The zero-order valence-corrected chi connectivity index (χ0v) is 10.6. The molecule has 7 heteroatoms. The van der Waals surface area contributed by atoms with Crippen molar-refractivity contribution in [3.8, 4) is 0 Å². The molecular formula is C11H12ClN5O. The molecule has 2 heterocycles. The third kappa shape index (κ3) is 3.04. The lowest BCUT2D eigenvalue weighted by molar-refractivity contribution is 0.0954. The van der Waals surface area contributed by atoms with Gasteiger partial charge in [0, 0.05) is 26.2 Å². The molecule has 94 valence electrons. The molecule has 0 aromatic carbocycles. The molecule has 0 bridgehead atoms. The average molecular weight is 266 g/mol. The maximum atomic E-state index is 11.8. The van der Waals surface area contributed by atoms with Gasteiger partial charge in [0.1, 0.15) is 11.5 Å². The maximum absolute atomic E-state index is 11.8. The van der Waals surface area contributed by atoms with Gasteiger partial charge >= 0.3 is 0 Å². The predicted octanol–water partition coefficient (Wildman–Crippen LogP) is 0.836. The highest BCUT2D eigenvalue weighted by molar-refractivity contribution is 6.32. The third-order valence-electron chi connectivity index (χ3n) is 2.28. The van der Waals surface area contributed by atoms with E-state index in [0.717, 1.165) is 0 Å². The fourth-order valence-electron chi connectivity index (χ4n) is 1.44. The Kier molecular flexibility index (Phi) is 3.88. The quantitative estimate of drug-likeness (QED) is 0.832. The Morgan fingerprint density at radius 3 is 3.00 bits per heavy atom. The number of nitrogens with one attached hydrogen (secondary N) is 1. The molecular weight excluding hydrogens is 254 g/mol. The fourth-order valence-corrected chi connectivity index (χ4v) is 1.64. The summed E-state index contributed by atoms with van der Waals surface area (Å²) in [4.78, 5) is 19.7. The Labute approximate surface area is 109 Å². The van der Waals surface area contributed by atoms with Crippen molar-refractivity contribution >= 4 is 17.5 Å². The molecule has 2 rings (SSSR count). The van der Waals surface area contributed by atoms with Crippen LogP contribution >= 0.6 is 11.6 Å². The zero-order chi connectivity index (χ0) is 13.0. The Bertz CT molecular complexity index is 554. The summed E-state index contributed by atoms with van der Waals surface area (Å²) in [6, 6.07) is 3.30. The van der Waals surface area contributed by atoms with Gasteiger partial charge in [-0.05, 0) is 12.1 Å². The lowest BCUT2D eigenvalue weighted by Gasteiger charge is -2.04. The van der Waals surface area contributed by atoms with E-state index in [9.17, 15) is 4.79 Å². The van der Waals surface area contributed by atoms with Crippen LogP contribution in [0.15, 0.2) is 24.7 Å². The Morgan fingerprint density at radius 1 is 1.50 bits per heavy atom. The van der Waals surface area contributed by atoms with E-state index in [1.54, 1.807) is 30.2 Å². The van der Waals surface area contributed by atoms with Crippen molar-refractivity contribution in [1.29, 1.82) is 0 Å². The first-order chi connectivity index (χ1) is 8.66. The van der Waals surface area contributed by atoms with Crippen molar-refractivity contribution in [3.05, 3.63) is 41.2 Å². The van der Waals surface area contributed by atoms with Gasteiger partial charge in [-0.1, -0.05) is 11.6 Å². The standard InChI is InChI=1S/C11H12ClN5O/c1-17-7-15-9(16-17)4-6-14-11(18)8-3-2-5-13-10(8)12/h2-3,5,7H,4,6H2,1H3,(H,14,18). The second-order valence-electron chi connectivity index (χ2n) is 3.68. The number of carbonyl (C=O) groups excluding carboxylic acids is 1. The van der Waals surface area contributed by atoms with Gasteiger partial charge in [-0.25, -0.2) is 9.97 Å². The number of aromatic nitrogens is 4. The van der Waals surface area contributed by atoms with Crippen molar-refractivity contribution in [2.45, 2.75) is 6.42 Å². The third-order valence-corrected chi connectivity index (χ3v) is 2.59. The average Bonchev–Trinajstić information content (AvgIpc) is 2.75. The monoisotopic (exact) mass is 265 g/mol. The summed E-state index contributed by atoms with van der Waals surface area (Å²) < 4.78 is 1.62. The largest absolute Gasteiger partial charge is 0.351 e. The minimum atomic E-state index is -0.246. The van der Waals surface area contributed by atoms with Crippen LogP contribution in [0.5, 0.6) is 0 Å². The summed E-state index contributed by atoms with van der Waals surface area (Å²) in [6.07, 6.45) is 3.73. The molecule has 0 aliphatic carbocycles. The van der Waals surface area contributed by atoms with Gasteiger partial charge in [-0.15, -0.1) is 0 Å². The highest BCUT2D eigenvalue weighted by Gasteiger charge is 2.10. The van der Waals surface area contributed by atoms with Gasteiger partial charge in [-0.2, -0.15) is 5.10 Å². The van der Waals surface area contributed by atoms with Crippen molar-refractivity contribution in [2.75, 3.05) is 6.54 Å². The molecule has 0 saturated heterocycles. The van der Waals surface area contributed by atoms with Gasteiger partial charge in [0.15, 0.2) is 5.82 Å². The lowest BCUT2D eigenvalue weighted by Crippen LogP contribution is -2.26. The Morgan fingerprint density at radius 2 is 2.33 bits per heavy atom. The van der Waals surface area contributed by atoms with E-state index in [4.69, 9.17) is 11.6 Å². The fraction of sp³-hybridized carbons (Fsp3) is 0.273. The molecule has 18 heavy (non-hydrogen) atoms. The molecule has 0 aliphatic heterocycles. The number of pyridine rings is 1. The van der Waals surface area contributed by atoms with E-state index in [0.29, 0.717) is 24.4 Å². The molecule has 2 aromatic heterocycles. The van der Waals surface area contributed by atoms with Crippen LogP contribution < -0.4 is 5.32 Å². The number of amides is 1. The van der Waals surface area contributed by atoms with Crippen LogP contribution in [-0.4, -0.2) is 32.2 Å². The van der Waals surface area contributed by atoms with Crippen molar-refractivity contribution in [1.82, 2.24) is 25.1 Å². The maximum Gasteiger partial charge on any atom is 0.254 e. The van der Waals surface area contributed by atoms with Crippen LogP contribution in [0.3, 0.4) is 0 Å². The summed E-state index contributed by atoms with van der Waals surface area (Å²) >= 11 is 5.82. The van der Waals surface area contributed by atoms with Crippen LogP contribution in [0.25, 0.3) is 0 Å². The highest BCUT2D eigenvalue weighted by Crippen LogP contribution is 2.10. The van der Waals surface area contributed by atoms with Gasteiger partial charge < -0.3 is 5.32 Å². The van der Waals surface area contributed by atoms with E-state index in [1.165, 1.54) is 6.20 Å². The van der Waals surface area contributed by atoms with Crippen molar-refractivity contribution < 1.29 is 4.79 Å². The van der Waals surface area contributed by atoms with Gasteiger partial charge in [0.25, 0.3) is 5.91 Å². The molecule has 1 amide bonds. The van der Waals surface area contributed by atoms with E-state index in [-0.39, 0.29) is 11.1 Å². The summed E-state index contributed by atoms with van der Waals surface area (Å²) in [5.74, 6) is 0.444. The molecule has 0 radical (unpaired) electrons. The smallest absolute Gasteiger partial charge is 0.254 e. The number of carbonyl (C=O) groups is 1. The molecule has 2 aromatic rings. The molecule has 0 unspecified atom stereocenters. The Balaban J connectivity index is 1.87. The van der Waals surface area contributed by atoms with Gasteiger partial charge in [0.2, 0.25) is 0 Å². The number of rotatable bonds is 4. The van der Waals surface area contributed by atoms with E-state index in [1.807, 2.05) is 0 Å². The minimum absolute atomic E-state index is 0.200. The highest BCUT2D eigenvalue weighted by atomic mass is 35.5. The van der Waals surface area contributed by atoms with E-state index < -0.39 is 0 Å². The van der Waals surface area contributed by atoms with E-state index >= 15 is 0 Å². The predicted molar refractivity (Wildman–Crippen MR) is 66.3 cm³/mol. The van der Waals surface area contributed by atoms with Crippen LogP contribution in [0.1, 0.15) is 16.2 Å². The first-order valence-corrected chi connectivity index (χ1v) is 5.78. The normalized spacial score (nSPS) is 10.3. The van der Waals surface area contributed by atoms with Crippen LogP contribution in [-0.2, 0) is 13.5 Å². The molecule has 0 aliphatic rings. The first-order valence-electron chi connectivity index (χ1n) is 5.40. The summed E-state index contributed by atoms with van der Waals surface area (Å²) in [5.41, 5.74) is 0.369. The molecule has 0 spiro atoms. The van der Waals surface area contributed by atoms with Crippen molar-refractivity contribution in [2.24, 2.45) is 7.05 Å². The molecule has 0 atom stereocenters. The Hall–Kier alpha value is -1.95. The van der Waals surface area contributed by atoms with Crippen LogP contribution in [0, 0.1) is 0 Å². The molecule has 0 fully saturated rings. The summed E-state index contributed by atoms with van der Waals surface area (Å²) in [7, 11) is 1.80. The summed E-state index contributed by atoms with van der Waals surface area (Å²) in [5, 5.41) is 7.06. The van der Waals surface area contributed by atoms with Crippen LogP contribution in [0.2, 0.25) is 5.15 Å². The SMILES string of the molecule is Cn1cnc(CCNC(=O)c2cccnc2Cl)n1. The number of halogens is 1. The molecule has 6 nitrogen and oxygen atoms in total. The number of hydrogen-bond acceptors (Lipinski definition) is 4. The second kappa shape index (κ2) is 5.59. The topological polar surface area (TPSA) is 72.7 Å². The van der Waals surface area contributed by atoms with E-state index in [2.05, 4.69) is 20.4 Å². The van der Waals surface area contributed by atoms with Crippen LogP contribution in [0.4, 0.5) is 0 Å². The molecule has 0 saturated carbocycles. The zero-order valence-electron chi connectivity index (χ0n) is 9.80. The minimum Gasteiger partial charge on any atom is -0.351 e. The number of hydrogen-bond donors (Lipinski definition) is 1. The second-order valence-corrected chi connectivity index (χ2v) is 4.04. The molecule has 1 N–H and O–H groups in total.